The van der Waals surface area contributed by atoms with E-state index in [1.165, 1.54) is 11.1 Å². The van der Waals surface area contributed by atoms with Gasteiger partial charge < -0.3 is 0 Å². The second-order valence-electron chi connectivity index (χ2n) is 8.95. The minimum atomic E-state index is -0.182. The fraction of sp³-hybridized carbons (Fsp3) is 0.429. The second kappa shape index (κ2) is 5.87. The molecule has 0 saturated heterocycles. The highest BCUT2D eigenvalue weighted by Gasteiger charge is 2.29. The Labute approximate surface area is 159 Å². The highest BCUT2D eigenvalue weighted by molar-refractivity contribution is 5.83. The fourth-order valence-corrected chi connectivity index (χ4v) is 4.07. The lowest BCUT2D eigenvalue weighted by Crippen LogP contribution is -2.27. The van der Waals surface area contributed by atoms with Gasteiger partial charge in [0.1, 0.15) is 0 Å². The Morgan fingerprint density at radius 3 is 2.52 bits per heavy atom. The summed E-state index contributed by atoms with van der Waals surface area (Å²) >= 11 is 0. The first-order valence-corrected chi connectivity index (χ1v) is 9.29. The molecular formula is C21H26N6. The zero-order valence-corrected chi connectivity index (χ0v) is 16.8. The van der Waals surface area contributed by atoms with Gasteiger partial charge in [0.05, 0.1) is 30.7 Å². The molecule has 0 aliphatic carbocycles. The summed E-state index contributed by atoms with van der Waals surface area (Å²) in [6.07, 6.45) is 7.57. The number of nitrogens with one attached hydrogen (secondary N) is 1. The Balaban J connectivity index is 1.82. The molecule has 0 aliphatic rings. The van der Waals surface area contributed by atoms with Gasteiger partial charge in [-0.1, -0.05) is 34.6 Å². The number of aromatic amines is 1. The molecule has 140 valence electrons. The predicted octanol–water partition coefficient (Wildman–Crippen LogP) is 4.29. The molecule has 4 rings (SSSR count). The lowest BCUT2D eigenvalue weighted by atomic mass is 9.82. The van der Waals surface area contributed by atoms with E-state index in [0.717, 1.165) is 27.6 Å². The van der Waals surface area contributed by atoms with E-state index in [9.17, 15) is 0 Å². The first-order chi connectivity index (χ1) is 12.7. The van der Waals surface area contributed by atoms with Crippen molar-refractivity contribution in [2.75, 3.05) is 0 Å². The maximum Gasteiger partial charge on any atom is 0.158 e. The number of H-pyrrole nitrogens is 1. The van der Waals surface area contributed by atoms with Crippen LogP contribution in [0.4, 0.5) is 0 Å². The normalized spacial score (nSPS) is 13.0. The molecule has 0 radical (unpaired) electrons. The van der Waals surface area contributed by atoms with Gasteiger partial charge in [0.25, 0.3) is 0 Å². The van der Waals surface area contributed by atoms with Crippen LogP contribution in [-0.4, -0.2) is 29.9 Å². The maximum absolute atomic E-state index is 4.69. The molecular weight excluding hydrogens is 336 g/mol. The summed E-state index contributed by atoms with van der Waals surface area (Å²) in [6.45, 7) is 13.9. The van der Waals surface area contributed by atoms with Crippen molar-refractivity contribution >= 4 is 21.9 Å². The molecule has 0 saturated carbocycles. The number of fused-ring (bicyclic) bond motifs is 2. The van der Waals surface area contributed by atoms with Gasteiger partial charge in [-0.25, -0.2) is 9.67 Å². The number of rotatable bonds is 3. The topological polar surface area (TPSA) is 72.3 Å². The molecule has 0 atom stereocenters. The van der Waals surface area contributed by atoms with Crippen molar-refractivity contribution in [3.05, 3.63) is 47.7 Å². The smallest absolute Gasteiger partial charge is 0.158 e. The van der Waals surface area contributed by atoms with Gasteiger partial charge in [-0.3, -0.25) is 10.1 Å². The summed E-state index contributed by atoms with van der Waals surface area (Å²) < 4.78 is 2.02. The van der Waals surface area contributed by atoms with Crippen LogP contribution in [0.3, 0.4) is 0 Å². The molecule has 0 aliphatic heterocycles. The van der Waals surface area contributed by atoms with Crippen LogP contribution in [0, 0.1) is 6.92 Å². The molecule has 0 fully saturated rings. The van der Waals surface area contributed by atoms with Crippen LogP contribution >= 0.6 is 0 Å². The van der Waals surface area contributed by atoms with Crippen molar-refractivity contribution in [3.63, 3.8) is 0 Å². The molecule has 4 aromatic rings. The molecule has 0 aromatic carbocycles. The molecule has 0 unspecified atom stereocenters. The third-order valence-corrected chi connectivity index (χ3v) is 5.26. The number of aromatic nitrogens is 6. The largest absolute Gasteiger partial charge is 0.276 e. The quantitative estimate of drug-likeness (QED) is 0.590. The highest BCUT2D eigenvalue weighted by atomic mass is 15.3. The Bertz CT molecular complexity index is 1130. The first kappa shape index (κ1) is 17.6. The van der Waals surface area contributed by atoms with Crippen molar-refractivity contribution < 1.29 is 0 Å². The predicted molar refractivity (Wildman–Crippen MR) is 108 cm³/mol. The highest BCUT2D eigenvalue weighted by Crippen LogP contribution is 2.34. The summed E-state index contributed by atoms with van der Waals surface area (Å²) in [5, 5.41) is 14.2. The zero-order valence-electron chi connectivity index (χ0n) is 16.8. The van der Waals surface area contributed by atoms with E-state index in [-0.39, 0.29) is 10.8 Å². The third-order valence-electron chi connectivity index (χ3n) is 5.26. The Kier molecular flexibility index (Phi) is 3.84. The lowest BCUT2D eigenvalue weighted by molar-refractivity contribution is 0.415. The molecule has 0 spiro atoms. The van der Waals surface area contributed by atoms with Gasteiger partial charge in [-0.05, 0) is 29.5 Å². The lowest BCUT2D eigenvalue weighted by Gasteiger charge is -2.27. The number of pyridine rings is 2. The summed E-state index contributed by atoms with van der Waals surface area (Å²) in [5.41, 5.74) is 5.25. The summed E-state index contributed by atoms with van der Waals surface area (Å²) in [6, 6.07) is 2.10. The van der Waals surface area contributed by atoms with E-state index < -0.39 is 0 Å². The van der Waals surface area contributed by atoms with Crippen LogP contribution in [-0.2, 0) is 17.4 Å². The monoisotopic (exact) mass is 362 g/mol. The average Bonchev–Trinajstić information content (AvgIpc) is 3.20. The molecule has 0 amide bonds. The number of aryl methyl sites for hydroxylation is 1. The minimum Gasteiger partial charge on any atom is -0.276 e. The van der Waals surface area contributed by atoms with Gasteiger partial charge in [0, 0.05) is 28.1 Å². The summed E-state index contributed by atoms with van der Waals surface area (Å²) in [7, 11) is 0. The van der Waals surface area contributed by atoms with Crippen molar-refractivity contribution in [2.45, 2.75) is 58.9 Å². The fourth-order valence-electron chi connectivity index (χ4n) is 4.07. The zero-order chi connectivity index (χ0) is 19.4. The molecule has 27 heavy (non-hydrogen) atoms. The van der Waals surface area contributed by atoms with E-state index in [2.05, 4.69) is 72.9 Å². The number of hydrogen-bond acceptors (Lipinski definition) is 4. The number of hydrogen-bond donors (Lipinski definition) is 1. The maximum atomic E-state index is 4.69. The van der Waals surface area contributed by atoms with Crippen LogP contribution in [0.1, 0.15) is 51.4 Å². The summed E-state index contributed by atoms with van der Waals surface area (Å²) in [4.78, 5) is 9.20. The van der Waals surface area contributed by atoms with Gasteiger partial charge in [-0.2, -0.15) is 10.2 Å². The molecule has 6 nitrogen and oxygen atoms in total. The van der Waals surface area contributed by atoms with Crippen molar-refractivity contribution in [1.29, 1.82) is 0 Å². The van der Waals surface area contributed by atoms with Gasteiger partial charge in [-0.15, -0.1) is 0 Å². The standard InChI is InChI=1S/C21H26N6/c1-13-18(15-9-24-26-17(15)11-23-13)21(5,6)12-27-19-14(10-25-27)16(7-8-22-19)20(2,3)4/h7-11H,12H2,1-6H3,(H,24,26). The van der Waals surface area contributed by atoms with E-state index >= 15 is 0 Å². The van der Waals surface area contributed by atoms with Crippen LogP contribution in [0.15, 0.2) is 30.9 Å². The molecule has 6 heteroatoms. The van der Waals surface area contributed by atoms with Gasteiger partial charge >= 0.3 is 0 Å². The van der Waals surface area contributed by atoms with E-state index in [1.807, 2.05) is 29.5 Å². The van der Waals surface area contributed by atoms with E-state index in [4.69, 9.17) is 0 Å². The molecule has 0 bridgehead atoms. The van der Waals surface area contributed by atoms with Crippen molar-refractivity contribution in [3.8, 4) is 0 Å². The SMILES string of the molecule is Cc1ncc2[nH]ncc2c1C(C)(C)Cn1ncc2c(C(C)(C)C)ccnc21. The van der Waals surface area contributed by atoms with Crippen molar-refractivity contribution in [2.24, 2.45) is 0 Å². The molecule has 4 aromatic heterocycles. The van der Waals surface area contributed by atoms with Gasteiger partial charge in [0.2, 0.25) is 0 Å². The average molecular weight is 362 g/mol. The molecule has 1 N–H and O–H groups in total. The first-order valence-electron chi connectivity index (χ1n) is 9.29. The van der Waals surface area contributed by atoms with Crippen LogP contribution in [0.25, 0.3) is 21.9 Å². The van der Waals surface area contributed by atoms with Crippen LogP contribution in [0.2, 0.25) is 0 Å². The third kappa shape index (κ3) is 2.89. The van der Waals surface area contributed by atoms with Crippen molar-refractivity contribution in [1.82, 2.24) is 29.9 Å². The molecule has 4 heterocycles. The Morgan fingerprint density at radius 1 is 1.00 bits per heavy atom. The Hall–Kier alpha value is -2.76. The summed E-state index contributed by atoms with van der Waals surface area (Å²) in [5.74, 6) is 0. The van der Waals surface area contributed by atoms with E-state index in [1.54, 1.807) is 0 Å². The Morgan fingerprint density at radius 2 is 1.78 bits per heavy atom. The minimum absolute atomic E-state index is 0.0491. The second-order valence-corrected chi connectivity index (χ2v) is 8.95. The van der Waals surface area contributed by atoms with Crippen LogP contribution in [0.5, 0.6) is 0 Å². The van der Waals surface area contributed by atoms with Crippen LogP contribution < -0.4 is 0 Å². The number of nitrogens with zero attached hydrogens (tertiary/aromatic N) is 5. The van der Waals surface area contributed by atoms with Gasteiger partial charge in [0.15, 0.2) is 5.65 Å². The van der Waals surface area contributed by atoms with E-state index in [0.29, 0.717) is 6.54 Å².